The summed E-state index contributed by atoms with van der Waals surface area (Å²) < 4.78 is 0. The SMILES string of the molecule is CC/C(C)=C/N(C)c1nc(CNC)nc(N2CCC(C(C)C)CC2)c1C. The third kappa shape index (κ3) is 4.97. The fourth-order valence-corrected chi connectivity index (χ4v) is 3.69. The van der Waals surface area contributed by atoms with E-state index >= 15 is 0 Å². The van der Waals surface area contributed by atoms with Gasteiger partial charge in [-0.3, -0.25) is 0 Å². The van der Waals surface area contributed by atoms with Crippen LogP contribution >= 0.6 is 0 Å². The van der Waals surface area contributed by atoms with Gasteiger partial charge in [0.15, 0.2) is 0 Å². The van der Waals surface area contributed by atoms with Crippen LogP contribution in [0.4, 0.5) is 11.6 Å². The van der Waals surface area contributed by atoms with E-state index in [1.807, 2.05) is 7.05 Å². The average Bonchev–Trinajstić information content (AvgIpc) is 2.63. The Kier molecular flexibility index (Phi) is 7.44. The Morgan fingerprint density at radius 3 is 2.50 bits per heavy atom. The van der Waals surface area contributed by atoms with Gasteiger partial charge in [0.1, 0.15) is 17.5 Å². The Morgan fingerprint density at radius 1 is 1.31 bits per heavy atom. The molecule has 0 aromatic carbocycles. The standard InChI is InChI=1S/C21H37N5/c1-8-16(4)14-25(7)20-17(5)21(24-19(23-20)13-22-6)26-11-9-18(10-12-26)15(2)3/h14-15,18,22H,8-13H2,1-7H3/b16-14+. The van der Waals surface area contributed by atoms with Crippen LogP contribution in [0.1, 0.15) is 58.3 Å². The van der Waals surface area contributed by atoms with Crippen LogP contribution in [0.5, 0.6) is 0 Å². The monoisotopic (exact) mass is 359 g/mol. The van der Waals surface area contributed by atoms with Crippen LogP contribution in [0, 0.1) is 18.8 Å². The zero-order chi connectivity index (χ0) is 19.3. The quantitative estimate of drug-likeness (QED) is 0.793. The minimum absolute atomic E-state index is 0.688. The summed E-state index contributed by atoms with van der Waals surface area (Å²) in [6.45, 7) is 14.1. The molecular formula is C21H37N5. The highest BCUT2D eigenvalue weighted by Crippen LogP contribution is 2.31. The van der Waals surface area contributed by atoms with Gasteiger partial charge in [0.2, 0.25) is 0 Å². The summed E-state index contributed by atoms with van der Waals surface area (Å²) in [5.74, 6) is 4.59. The molecule has 26 heavy (non-hydrogen) atoms. The lowest BCUT2D eigenvalue weighted by atomic mass is 9.86. The van der Waals surface area contributed by atoms with E-state index in [1.165, 1.54) is 24.0 Å². The van der Waals surface area contributed by atoms with Crippen molar-refractivity contribution in [3.05, 3.63) is 23.2 Å². The van der Waals surface area contributed by atoms with Gasteiger partial charge in [-0.15, -0.1) is 0 Å². The summed E-state index contributed by atoms with van der Waals surface area (Å²) in [5, 5.41) is 3.20. The molecule has 0 amide bonds. The summed E-state index contributed by atoms with van der Waals surface area (Å²) in [6, 6.07) is 0. The predicted octanol–water partition coefficient (Wildman–Crippen LogP) is 4.13. The van der Waals surface area contributed by atoms with Gasteiger partial charge in [-0.25, -0.2) is 9.97 Å². The van der Waals surface area contributed by atoms with Crippen molar-refractivity contribution in [2.45, 2.75) is 60.4 Å². The molecule has 0 atom stereocenters. The largest absolute Gasteiger partial charge is 0.356 e. The molecule has 1 fully saturated rings. The van der Waals surface area contributed by atoms with Crippen LogP contribution in [0.25, 0.3) is 0 Å². The Balaban J connectivity index is 2.33. The highest BCUT2D eigenvalue weighted by atomic mass is 15.2. The Morgan fingerprint density at radius 2 is 1.96 bits per heavy atom. The third-order valence-electron chi connectivity index (χ3n) is 5.56. The summed E-state index contributed by atoms with van der Waals surface area (Å²) >= 11 is 0. The van der Waals surface area contributed by atoms with E-state index in [9.17, 15) is 0 Å². The predicted molar refractivity (Wildman–Crippen MR) is 112 cm³/mol. The summed E-state index contributed by atoms with van der Waals surface area (Å²) in [4.78, 5) is 14.3. The van der Waals surface area contributed by atoms with Gasteiger partial charge in [0.05, 0.1) is 6.54 Å². The Bertz CT molecular complexity index is 615. The maximum absolute atomic E-state index is 4.90. The van der Waals surface area contributed by atoms with Gasteiger partial charge in [0, 0.05) is 31.9 Å². The third-order valence-corrected chi connectivity index (χ3v) is 5.56. The lowest BCUT2D eigenvalue weighted by molar-refractivity contribution is 0.310. The number of nitrogens with one attached hydrogen (secondary N) is 1. The van der Waals surface area contributed by atoms with E-state index in [4.69, 9.17) is 9.97 Å². The van der Waals surface area contributed by atoms with Crippen molar-refractivity contribution in [1.29, 1.82) is 0 Å². The topological polar surface area (TPSA) is 44.3 Å². The van der Waals surface area contributed by atoms with Gasteiger partial charge < -0.3 is 15.1 Å². The van der Waals surface area contributed by atoms with E-state index < -0.39 is 0 Å². The molecule has 5 nitrogen and oxygen atoms in total. The first-order chi connectivity index (χ1) is 12.4. The van der Waals surface area contributed by atoms with Crippen molar-refractivity contribution in [2.24, 2.45) is 11.8 Å². The fourth-order valence-electron chi connectivity index (χ4n) is 3.69. The van der Waals surface area contributed by atoms with Crippen molar-refractivity contribution >= 4 is 11.6 Å². The van der Waals surface area contributed by atoms with Crippen LogP contribution < -0.4 is 15.1 Å². The number of hydrogen-bond donors (Lipinski definition) is 1. The van der Waals surface area contributed by atoms with Gasteiger partial charge in [-0.05, 0) is 52.0 Å². The number of rotatable bonds is 7. The van der Waals surface area contributed by atoms with Gasteiger partial charge in [0.25, 0.3) is 0 Å². The molecule has 0 radical (unpaired) electrons. The molecule has 2 rings (SSSR count). The molecule has 5 heteroatoms. The van der Waals surface area contributed by atoms with Crippen LogP contribution in [-0.4, -0.2) is 37.2 Å². The van der Waals surface area contributed by atoms with Crippen molar-refractivity contribution in [2.75, 3.05) is 37.0 Å². The average molecular weight is 360 g/mol. The first kappa shape index (κ1) is 20.7. The molecule has 0 saturated carbocycles. The Hall–Kier alpha value is -1.62. The minimum atomic E-state index is 0.688. The van der Waals surface area contributed by atoms with Crippen molar-refractivity contribution < 1.29 is 0 Å². The Labute approximate surface area is 159 Å². The molecule has 146 valence electrons. The van der Waals surface area contributed by atoms with E-state index in [1.54, 1.807) is 0 Å². The molecule has 1 aromatic heterocycles. The zero-order valence-electron chi connectivity index (χ0n) is 17.8. The minimum Gasteiger partial charge on any atom is -0.356 e. The molecule has 0 bridgehead atoms. The maximum atomic E-state index is 4.90. The smallest absolute Gasteiger partial charge is 0.146 e. The summed E-state index contributed by atoms with van der Waals surface area (Å²) in [5.41, 5.74) is 2.52. The van der Waals surface area contributed by atoms with E-state index in [2.05, 4.69) is 63.0 Å². The number of anilines is 2. The van der Waals surface area contributed by atoms with Crippen LogP contribution in [-0.2, 0) is 6.54 Å². The highest BCUT2D eigenvalue weighted by Gasteiger charge is 2.25. The number of aromatic nitrogens is 2. The molecule has 1 aliphatic heterocycles. The van der Waals surface area contributed by atoms with E-state index in [-0.39, 0.29) is 0 Å². The lowest BCUT2D eigenvalue weighted by Crippen LogP contribution is -2.36. The lowest BCUT2D eigenvalue weighted by Gasteiger charge is -2.36. The molecule has 0 spiro atoms. The molecule has 1 aromatic rings. The van der Waals surface area contributed by atoms with Crippen LogP contribution in [0.15, 0.2) is 11.8 Å². The van der Waals surface area contributed by atoms with E-state index in [0.717, 1.165) is 48.8 Å². The first-order valence-electron chi connectivity index (χ1n) is 10.0. The second-order valence-corrected chi connectivity index (χ2v) is 7.95. The normalized spacial score (nSPS) is 16.5. The number of piperidine rings is 1. The molecule has 0 aliphatic carbocycles. The first-order valence-corrected chi connectivity index (χ1v) is 10.0. The second-order valence-electron chi connectivity index (χ2n) is 7.95. The molecular weight excluding hydrogens is 322 g/mol. The molecule has 1 saturated heterocycles. The van der Waals surface area contributed by atoms with Gasteiger partial charge in [-0.1, -0.05) is 26.3 Å². The molecule has 0 unspecified atom stereocenters. The van der Waals surface area contributed by atoms with Gasteiger partial charge >= 0.3 is 0 Å². The number of allylic oxidation sites excluding steroid dienone is 1. The molecule has 1 aliphatic rings. The zero-order valence-corrected chi connectivity index (χ0v) is 17.8. The number of nitrogens with zero attached hydrogens (tertiary/aromatic N) is 4. The second kappa shape index (κ2) is 9.36. The highest BCUT2D eigenvalue weighted by molar-refractivity contribution is 5.61. The molecule has 1 N–H and O–H groups in total. The summed E-state index contributed by atoms with van der Waals surface area (Å²) in [6.07, 6.45) is 5.74. The van der Waals surface area contributed by atoms with Gasteiger partial charge in [-0.2, -0.15) is 0 Å². The maximum Gasteiger partial charge on any atom is 0.146 e. The van der Waals surface area contributed by atoms with Crippen molar-refractivity contribution in [3.63, 3.8) is 0 Å². The summed E-state index contributed by atoms with van der Waals surface area (Å²) in [7, 11) is 4.04. The number of hydrogen-bond acceptors (Lipinski definition) is 5. The van der Waals surface area contributed by atoms with E-state index in [0.29, 0.717) is 6.54 Å². The van der Waals surface area contributed by atoms with Crippen LogP contribution in [0.2, 0.25) is 0 Å². The molecule has 2 heterocycles. The van der Waals surface area contributed by atoms with Crippen molar-refractivity contribution in [3.8, 4) is 0 Å². The van der Waals surface area contributed by atoms with Crippen molar-refractivity contribution in [1.82, 2.24) is 15.3 Å². The van der Waals surface area contributed by atoms with Crippen LogP contribution in [0.3, 0.4) is 0 Å². The fraction of sp³-hybridized carbons (Fsp3) is 0.714.